The summed E-state index contributed by atoms with van der Waals surface area (Å²) in [7, 11) is 0. The zero-order valence-electron chi connectivity index (χ0n) is 10.8. The molecule has 3 heteroatoms. The average Bonchev–Trinajstić information content (AvgIpc) is 2.81. The number of aryl methyl sites for hydroxylation is 1. The quantitative estimate of drug-likeness (QED) is 0.784. The van der Waals surface area contributed by atoms with Crippen LogP contribution in [0.5, 0.6) is 0 Å². The monoisotopic (exact) mass is 260 g/mol. The molecule has 0 unspecified atom stereocenters. The molecule has 2 aromatic rings. The molecule has 1 aromatic heterocycles. The summed E-state index contributed by atoms with van der Waals surface area (Å²) in [5.41, 5.74) is 9.55. The standard InChI is InChI=1S/C15H20N2S/c1-12-6-8-18-15(12)5-7-17-11-14-4-2-3-13(9-14)10-16/h2-4,6,8-9,17H,5,7,10-11,16H2,1H3. The molecule has 1 aromatic carbocycles. The van der Waals surface area contributed by atoms with E-state index in [9.17, 15) is 0 Å². The molecule has 0 fully saturated rings. The highest BCUT2D eigenvalue weighted by Gasteiger charge is 1.99. The van der Waals surface area contributed by atoms with Crippen molar-refractivity contribution in [2.24, 2.45) is 5.73 Å². The Kier molecular flexibility index (Phi) is 4.93. The molecule has 2 rings (SSSR count). The summed E-state index contributed by atoms with van der Waals surface area (Å²) in [4.78, 5) is 1.48. The maximum atomic E-state index is 5.64. The first-order chi connectivity index (χ1) is 8.79. The summed E-state index contributed by atoms with van der Waals surface area (Å²) < 4.78 is 0. The predicted octanol–water partition coefficient (Wildman–Crippen LogP) is 2.85. The maximum absolute atomic E-state index is 5.64. The molecule has 3 N–H and O–H groups in total. The molecule has 1 heterocycles. The van der Waals surface area contributed by atoms with E-state index < -0.39 is 0 Å². The van der Waals surface area contributed by atoms with Crippen LogP contribution in [0.3, 0.4) is 0 Å². The first-order valence-electron chi connectivity index (χ1n) is 6.31. The van der Waals surface area contributed by atoms with Crippen LogP contribution < -0.4 is 11.1 Å². The van der Waals surface area contributed by atoms with Crippen molar-refractivity contribution in [1.29, 1.82) is 0 Å². The number of hydrogen-bond acceptors (Lipinski definition) is 3. The molecule has 0 atom stereocenters. The third-order valence-electron chi connectivity index (χ3n) is 3.05. The lowest BCUT2D eigenvalue weighted by molar-refractivity contribution is 0.689. The van der Waals surface area contributed by atoms with Crippen LogP contribution >= 0.6 is 11.3 Å². The minimum absolute atomic E-state index is 0.613. The summed E-state index contributed by atoms with van der Waals surface area (Å²) >= 11 is 1.85. The minimum Gasteiger partial charge on any atom is -0.326 e. The smallest absolute Gasteiger partial charge is 0.0205 e. The Balaban J connectivity index is 1.76. The van der Waals surface area contributed by atoms with Gasteiger partial charge in [-0.2, -0.15) is 0 Å². The fourth-order valence-electron chi connectivity index (χ4n) is 1.96. The first kappa shape index (κ1) is 13.3. The normalized spacial score (nSPS) is 10.8. The summed E-state index contributed by atoms with van der Waals surface area (Å²) in [6.07, 6.45) is 1.11. The first-order valence-corrected chi connectivity index (χ1v) is 7.19. The van der Waals surface area contributed by atoms with Crippen LogP contribution in [-0.2, 0) is 19.5 Å². The van der Waals surface area contributed by atoms with Gasteiger partial charge in [0, 0.05) is 24.5 Å². The van der Waals surface area contributed by atoms with Crippen LogP contribution in [0.25, 0.3) is 0 Å². The topological polar surface area (TPSA) is 38.0 Å². The van der Waals surface area contributed by atoms with E-state index in [-0.39, 0.29) is 0 Å². The summed E-state index contributed by atoms with van der Waals surface area (Å²) in [6.45, 7) is 4.73. The second-order valence-electron chi connectivity index (χ2n) is 4.48. The zero-order valence-corrected chi connectivity index (χ0v) is 11.6. The molecule has 0 aliphatic carbocycles. The van der Waals surface area contributed by atoms with Gasteiger partial charge in [-0.25, -0.2) is 0 Å². The van der Waals surface area contributed by atoms with Crippen molar-refractivity contribution < 1.29 is 0 Å². The molecule has 0 amide bonds. The molecule has 0 aliphatic rings. The van der Waals surface area contributed by atoms with E-state index in [2.05, 4.69) is 48.0 Å². The van der Waals surface area contributed by atoms with E-state index in [1.165, 1.54) is 21.6 Å². The molecule has 2 nitrogen and oxygen atoms in total. The van der Waals surface area contributed by atoms with E-state index in [4.69, 9.17) is 5.73 Å². The molecular formula is C15H20N2S. The van der Waals surface area contributed by atoms with Crippen molar-refractivity contribution in [3.8, 4) is 0 Å². The molecule has 0 saturated carbocycles. The van der Waals surface area contributed by atoms with E-state index >= 15 is 0 Å². The zero-order chi connectivity index (χ0) is 12.8. The molecule has 0 aliphatic heterocycles. The van der Waals surface area contributed by atoms with E-state index in [1.54, 1.807) is 0 Å². The lowest BCUT2D eigenvalue weighted by Crippen LogP contribution is -2.16. The van der Waals surface area contributed by atoms with Crippen molar-refractivity contribution in [1.82, 2.24) is 5.32 Å². The second-order valence-corrected chi connectivity index (χ2v) is 5.48. The Bertz CT molecular complexity index is 491. The minimum atomic E-state index is 0.613. The van der Waals surface area contributed by atoms with Gasteiger partial charge < -0.3 is 11.1 Å². The van der Waals surface area contributed by atoms with Gasteiger partial charge in [0.1, 0.15) is 0 Å². The highest BCUT2D eigenvalue weighted by molar-refractivity contribution is 7.10. The van der Waals surface area contributed by atoms with Crippen LogP contribution in [0.1, 0.15) is 21.6 Å². The van der Waals surface area contributed by atoms with Gasteiger partial charge in [0.25, 0.3) is 0 Å². The maximum Gasteiger partial charge on any atom is 0.0205 e. The summed E-state index contributed by atoms with van der Waals surface area (Å²) in [6, 6.07) is 10.6. The van der Waals surface area contributed by atoms with Crippen molar-refractivity contribution in [2.75, 3.05) is 6.54 Å². The Morgan fingerprint density at radius 2 is 2.06 bits per heavy atom. The van der Waals surface area contributed by atoms with Crippen molar-refractivity contribution in [2.45, 2.75) is 26.4 Å². The number of benzene rings is 1. The van der Waals surface area contributed by atoms with Crippen LogP contribution in [0, 0.1) is 6.92 Å². The van der Waals surface area contributed by atoms with E-state index in [1.807, 2.05) is 11.3 Å². The lowest BCUT2D eigenvalue weighted by atomic mass is 10.1. The fraction of sp³-hybridized carbons (Fsp3) is 0.333. The lowest BCUT2D eigenvalue weighted by Gasteiger charge is -2.06. The van der Waals surface area contributed by atoms with Gasteiger partial charge in [-0.3, -0.25) is 0 Å². The van der Waals surface area contributed by atoms with Gasteiger partial charge in [0.2, 0.25) is 0 Å². The average molecular weight is 260 g/mol. The number of nitrogens with two attached hydrogens (primary N) is 1. The molecule has 0 saturated heterocycles. The van der Waals surface area contributed by atoms with Gasteiger partial charge >= 0.3 is 0 Å². The third-order valence-corrected chi connectivity index (χ3v) is 4.14. The van der Waals surface area contributed by atoms with Crippen molar-refractivity contribution >= 4 is 11.3 Å². The van der Waals surface area contributed by atoms with Crippen LogP contribution in [0.15, 0.2) is 35.7 Å². The Labute approximate surface area is 113 Å². The molecular weight excluding hydrogens is 240 g/mol. The van der Waals surface area contributed by atoms with Gasteiger partial charge in [-0.15, -0.1) is 11.3 Å². The Hall–Kier alpha value is -1.16. The highest BCUT2D eigenvalue weighted by atomic mass is 32.1. The highest BCUT2D eigenvalue weighted by Crippen LogP contribution is 2.15. The van der Waals surface area contributed by atoms with Gasteiger partial charge in [-0.1, -0.05) is 24.3 Å². The largest absolute Gasteiger partial charge is 0.326 e. The summed E-state index contributed by atoms with van der Waals surface area (Å²) in [5, 5.41) is 5.65. The van der Waals surface area contributed by atoms with E-state index in [0.29, 0.717) is 6.54 Å². The van der Waals surface area contributed by atoms with Gasteiger partial charge in [0.05, 0.1) is 0 Å². The molecule has 96 valence electrons. The van der Waals surface area contributed by atoms with Crippen LogP contribution in [0.4, 0.5) is 0 Å². The second kappa shape index (κ2) is 6.69. The SMILES string of the molecule is Cc1ccsc1CCNCc1cccc(CN)c1. The number of hydrogen-bond donors (Lipinski definition) is 2. The van der Waals surface area contributed by atoms with Crippen LogP contribution in [0.2, 0.25) is 0 Å². The summed E-state index contributed by atoms with van der Waals surface area (Å²) in [5.74, 6) is 0. The Morgan fingerprint density at radius 3 is 2.78 bits per heavy atom. The van der Waals surface area contributed by atoms with Crippen LogP contribution in [-0.4, -0.2) is 6.54 Å². The van der Waals surface area contributed by atoms with Crippen molar-refractivity contribution in [3.63, 3.8) is 0 Å². The number of thiophene rings is 1. The van der Waals surface area contributed by atoms with Gasteiger partial charge in [-0.05, 0) is 41.5 Å². The fourth-order valence-corrected chi connectivity index (χ4v) is 2.87. The van der Waals surface area contributed by atoms with Crippen molar-refractivity contribution in [3.05, 3.63) is 57.3 Å². The Morgan fingerprint density at radius 1 is 1.22 bits per heavy atom. The molecule has 0 bridgehead atoms. The predicted molar refractivity (Wildman–Crippen MR) is 78.8 cm³/mol. The van der Waals surface area contributed by atoms with E-state index in [0.717, 1.165) is 19.5 Å². The number of rotatable bonds is 6. The number of nitrogens with one attached hydrogen (secondary N) is 1. The molecule has 0 radical (unpaired) electrons. The molecule has 18 heavy (non-hydrogen) atoms. The van der Waals surface area contributed by atoms with Gasteiger partial charge in [0.15, 0.2) is 0 Å². The molecule has 0 spiro atoms. The third kappa shape index (κ3) is 3.67.